The maximum absolute atomic E-state index is 11.8. The van der Waals surface area contributed by atoms with Gasteiger partial charge in [-0.15, -0.1) is 0 Å². The lowest BCUT2D eigenvalue weighted by molar-refractivity contribution is -0.139. The molecule has 128 valence electrons. The Labute approximate surface area is 140 Å². The lowest BCUT2D eigenvalue weighted by Gasteiger charge is -2.22. The zero-order valence-corrected chi connectivity index (χ0v) is 14.6. The van der Waals surface area contributed by atoms with Gasteiger partial charge in [0.05, 0.1) is 0 Å². The van der Waals surface area contributed by atoms with Crippen molar-refractivity contribution >= 4 is 23.7 Å². The van der Waals surface area contributed by atoms with Crippen molar-refractivity contribution in [3.63, 3.8) is 0 Å². The highest BCUT2D eigenvalue weighted by Crippen LogP contribution is 2.31. The molecule has 0 aliphatic carbocycles. The first kappa shape index (κ1) is 19.1. The van der Waals surface area contributed by atoms with Gasteiger partial charge in [0.25, 0.3) is 0 Å². The fourth-order valence-electron chi connectivity index (χ4n) is 1.95. The third kappa shape index (κ3) is 5.32. The van der Waals surface area contributed by atoms with Gasteiger partial charge in [0.2, 0.25) is 0 Å². The standard InChI is InChI=1S/C16H22ClNO5/c1-8-9(2)13(19)10(6-11(8)17)7-12(14(20)21)18-15(22)23-16(3,4)5/h6,12,19H,7H2,1-5H3,(H,18,22)(H,20,21). The van der Waals surface area contributed by atoms with Crippen LogP contribution >= 0.6 is 11.6 Å². The van der Waals surface area contributed by atoms with Gasteiger partial charge in [0.15, 0.2) is 0 Å². The topological polar surface area (TPSA) is 95.9 Å². The van der Waals surface area contributed by atoms with Crippen LogP contribution in [0.4, 0.5) is 4.79 Å². The number of carboxylic acid groups (broad SMARTS) is 1. The van der Waals surface area contributed by atoms with Crippen LogP contribution in [0.25, 0.3) is 0 Å². The summed E-state index contributed by atoms with van der Waals surface area (Å²) in [6.07, 6.45) is -0.944. The fraction of sp³-hybridized carbons (Fsp3) is 0.500. The lowest BCUT2D eigenvalue weighted by atomic mass is 9.99. The summed E-state index contributed by atoms with van der Waals surface area (Å²) in [5.41, 5.74) is 0.911. The van der Waals surface area contributed by atoms with Crippen LogP contribution in [-0.2, 0) is 16.0 Å². The van der Waals surface area contributed by atoms with Crippen molar-refractivity contribution in [3.8, 4) is 5.75 Å². The number of carbonyl (C=O) groups is 2. The molecule has 0 saturated carbocycles. The van der Waals surface area contributed by atoms with Crippen molar-refractivity contribution in [2.45, 2.75) is 52.7 Å². The van der Waals surface area contributed by atoms with Crippen molar-refractivity contribution in [2.24, 2.45) is 0 Å². The Balaban J connectivity index is 2.98. The number of carbonyl (C=O) groups excluding carboxylic acids is 1. The minimum Gasteiger partial charge on any atom is -0.507 e. The Hall–Kier alpha value is -1.95. The highest BCUT2D eigenvalue weighted by molar-refractivity contribution is 6.31. The summed E-state index contributed by atoms with van der Waals surface area (Å²) in [5, 5.41) is 22.2. The quantitative estimate of drug-likeness (QED) is 0.780. The minimum absolute atomic E-state index is 0.0239. The normalized spacial score (nSPS) is 12.6. The molecule has 1 unspecified atom stereocenters. The molecule has 1 rings (SSSR count). The number of nitrogens with one attached hydrogen (secondary N) is 1. The number of hydrogen-bond donors (Lipinski definition) is 3. The van der Waals surface area contributed by atoms with E-state index in [9.17, 15) is 19.8 Å². The first-order chi connectivity index (χ1) is 10.4. The second kappa shape index (κ2) is 7.08. The summed E-state index contributed by atoms with van der Waals surface area (Å²) >= 11 is 6.08. The Morgan fingerprint density at radius 3 is 2.35 bits per heavy atom. The van der Waals surface area contributed by atoms with Crippen LogP contribution < -0.4 is 5.32 Å². The van der Waals surface area contributed by atoms with E-state index in [0.29, 0.717) is 16.1 Å². The van der Waals surface area contributed by atoms with E-state index in [1.165, 1.54) is 6.07 Å². The van der Waals surface area contributed by atoms with Crippen molar-refractivity contribution in [1.29, 1.82) is 0 Å². The molecule has 3 N–H and O–H groups in total. The number of phenols is 1. The van der Waals surface area contributed by atoms with Crippen LogP contribution in [0.3, 0.4) is 0 Å². The molecule has 0 aliphatic heterocycles. The minimum atomic E-state index is -1.24. The number of carboxylic acids is 1. The van der Waals surface area contributed by atoms with Crippen LogP contribution in [0.1, 0.15) is 37.5 Å². The highest BCUT2D eigenvalue weighted by atomic mass is 35.5. The molecule has 1 aromatic carbocycles. The molecule has 0 aliphatic rings. The first-order valence-electron chi connectivity index (χ1n) is 7.12. The maximum atomic E-state index is 11.8. The third-order valence-corrected chi connectivity index (χ3v) is 3.69. The number of hydrogen-bond acceptors (Lipinski definition) is 4. The number of ether oxygens (including phenoxy) is 1. The summed E-state index contributed by atoms with van der Waals surface area (Å²) < 4.78 is 5.05. The summed E-state index contributed by atoms with van der Waals surface area (Å²) in [4.78, 5) is 23.1. The molecule has 0 radical (unpaired) electrons. The van der Waals surface area contributed by atoms with Crippen LogP contribution in [-0.4, -0.2) is 33.9 Å². The van der Waals surface area contributed by atoms with Gasteiger partial charge < -0.3 is 20.3 Å². The van der Waals surface area contributed by atoms with E-state index < -0.39 is 23.7 Å². The van der Waals surface area contributed by atoms with E-state index in [1.54, 1.807) is 34.6 Å². The second-order valence-electron chi connectivity index (χ2n) is 6.36. The molecule has 0 bridgehead atoms. The molecule has 6 nitrogen and oxygen atoms in total. The number of alkyl carbamates (subject to hydrolysis) is 1. The van der Waals surface area contributed by atoms with E-state index >= 15 is 0 Å². The van der Waals surface area contributed by atoms with Crippen molar-refractivity contribution in [1.82, 2.24) is 5.32 Å². The number of amides is 1. The predicted molar refractivity (Wildman–Crippen MR) is 87.1 cm³/mol. The fourth-order valence-corrected chi connectivity index (χ4v) is 2.23. The Bertz CT molecular complexity index is 622. The van der Waals surface area contributed by atoms with Crippen LogP contribution in [0.2, 0.25) is 5.02 Å². The van der Waals surface area contributed by atoms with Gasteiger partial charge >= 0.3 is 12.1 Å². The molecule has 1 amide bonds. The third-order valence-electron chi connectivity index (χ3n) is 3.29. The van der Waals surface area contributed by atoms with Gasteiger partial charge in [-0.3, -0.25) is 0 Å². The van der Waals surface area contributed by atoms with Crippen LogP contribution in [0.5, 0.6) is 5.75 Å². The second-order valence-corrected chi connectivity index (χ2v) is 6.76. The summed E-state index contributed by atoms with van der Waals surface area (Å²) in [7, 11) is 0. The van der Waals surface area contributed by atoms with Gasteiger partial charge in [-0.25, -0.2) is 9.59 Å². The summed E-state index contributed by atoms with van der Waals surface area (Å²) in [6, 6.07) is 0.264. The molecular weight excluding hydrogens is 322 g/mol. The molecule has 0 saturated heterocycles. The SMILES string of the molecule is Cc1c(Cl)cc(CC(NC(=O)OC(C)(C)C)C(=O)O)c(O)c1C. The Morgan fingerprint density at radius 1 is 1.30 bits per heavy atom. The van der Waals surface area contributed by atoms with Gasteiger partial charge in [0.1, 0.15) is 17.4 Å². The molecule has 0 heterocycles. The van der Waals surface area contributed by atoms with E-state index in [4.69, 9.17) is 16.3 Å². The number of rotatable bonds is 4. The molecule has 0 aromatic heterocycles. The van der Waals surface area contributed by atoms with E-state index in [0.717, 1.165) is 5.56 Å². The smallest absolute Gasteiger partial charge is 0.408 e. The zero-order valence-electron chi connectivity index (χ0n) is 13.9. The maximum Gasteiger partial charge on any atom is 0.408 e. The molecule has 0 spiro atoms. The zero-order chi connectivity index (χ0) is 17.9. The molecule has 1 aromatic rings. The predicted octanol–water partition coefficient (Wildman–Crippen LogP) is 3.18. The Kier molecular flexibility index (Phi) is 5.88. The molecule has 1 atom stereocenters. The molecular formula is C16H22ClNO5. The molecule has 7 heteroatoms. The number of aromatic hydroxyl groups is 1. The lowest BCUT2D eigenvalue weighted by Crippen LogP contribution is -2.44. The number of halogens is 1. The first-order valence-corrected chi connectivity index (χ1v) is 7.50. The van der Waals surface area contributed by atoms with Crippen LogP contribution in [0, 0.1) is 13.8 Å². The van der Waals surface area contributed by atoms with Gasteiger partial charge in [-0.2, -0.15) is 0 Å². The monoisotopic (exact) mass is 343 g/mol. The van der Waals surface area contributed by atoms with E-state index in [-0.39, 0.29) is 12.2 Å². The highest BCUT2D eigenvalue weighted by Gasteiger charge is 2.26. The van der Waals surface area contributed by atoms with Crippen LogP contribution in [0.15, 0.2) is 6.07 Å². The Morgan fingerprint density at radius 2 is 1.87 bits per heavy atom. The summed E-state index contributed by atoms with van der Waals surface area (Å²) in [6.45, 7) is 8.48. The average molecular weight is 344 g/mol. The number of phenolic OH excluding ortho intramolecular Hbond substituents is 1. The van der Waals surface area contributed by atoms with E-state index in [1.807, 2.05) is 0 Å². The number of benzene rings is 1. The van der Waals surface area contributed by atoms with Gasteiger partial charge in [0, 0.05) is 11.4 Å². The van der Waals surface area contributed by atoms with Gasteiger partial charge in [-0.05, 0) is 57.4 Å². The number of aliphatic carboxylic acids is 1. The largest absolute Gasteiger partial charge is 0.507 e. The van der Waals surface area contributed by atoms with E-state index in [2.05, 4.69) is 5.32 Å². The van der Waals surface area contributed by atoms with Crippen molar-refractivity contribution in [2.75, 3.05) is 0 Å². The molecule has 0 fully saturated rings. The molecule has 23 heavy (non-hydrogen) atoms. The summed E-state index contributed by atoms with van der Waals surface area (Å²) in [5.74, 6) is -1.26. The van der Waals surface area contributed by atoms with Gasteiger partial charge in [-0.1, -0.05) is 11.6 Å². The van der Waals surface area contributed by atoms with Crippen molar-refractivity contribution < 1.29 is 24.5 Å². The van der Waals surface area contributed by atoms with Crippen molar-refractivity contribution in [3.05, 3.63) is 27.8 Å². The average Bonchev–Trinajstić information content (AvgIpc) is 2.39.